The topological polar surface area (TPSA) is 75.1 Å². The van der Waals surface area contributed by atoms with Gasteiger partial charge < -0.3 is 9.80 Å². The first-order valence-corrected chi connectivity index (χ1v) is 12.1. The Bertz CT molecular complexity index is 1100. The molecule has 30 heavy (non-hydrogen) atoms. The molecule has 2 aliphatic rings. The van der Waals surface area contributed by atoms with E-state index in [1.54, 1.807) is 17.5 Å². The highest BCUT2D eigenvalue weighted by Crippen LogP contribution is 2.35. The van der Waals surface area contributed by atoms with E-state index in [0.29, 0.717) is 17.3 Å². The van der Waals surface area contributed by atoms with E-state index in [9.17, 15) is 4.79 Å². The van der Waals surface area contributed by atoms with Gasteiger partial charge >= 0.3 is 0 Å². The number of thioether (sulfide) groups is 1. The molecule has 154 valence electrons. The molecule has 9 heteroatoms. The summed E-state index contributed by atoms with van der Waals surface area (Å²) in [4.78, 5) is 26.8. The molecule has 1 saturated heterocycles. The van der Waals surface area contributed by atoms with Crippen LogP contribution in [0.4, 0.5) is 11.5 Å². The Kier molecular flexibility index (Phi) is 5.16. The Balaban J connectivity index is 1.56. The number of nitrogens with zero attached hydrogens (tertiary/aromatic N) is 6. The first-order chi connectivity index (χ1) is 14.7. The average molecular weight is 439 g/mol. The normalized spacial score (nSPS) is 18.3. The van der Waals surface area contributed by atoms with Gasteiger partial charge in [0.1, 0.15) is 21.4 Å². The van der Waals surface area contributed by atoms with Gasteiger partial charge in [0.2, 0.25) is 0 Å². The fourth-order valence-electron chi connectivity index (χ4n) is 4.11. The van der Waals surface area contributed by atoms with Crippen molar-refractivity contribution < 1.29 is 4.79 Å². The van der Waals surface area contributed by atoms with Gasteiger partial charge in [-0.1, -0.05) is 42.2 Å². The zero-order valence-electron chi connectivity index (χ0n) is 16.9. The SMILES string of the molecule is CCc1nnc(-c2cccc(N3C[C@@H]4CCCN4c4nc(SC)ncc4C3=O)c2)s1. The molecule has 1 fully saturated rings. The molecular formula is C21H22N6OS2. The average Bonchev–Trinajstić information content (AvgIpc) is 3.44. The van der Waals surface area contributed by atoms with Crippen LogP contribution in [0.3, 0.4) is 0 Å². The number of aryl methyl sites for hydroxylation is 1. The van der Waals surface area contributed by atoms with E-state index < -0.39 is 0 Å². The van der Waals surface area contributed by atoms with E-state index in [0.717, 1.165) is 52.9 Å². The zero-order valence-corrected chi connectivity index (χ0v) is 18.5. The van der Waals surface area contributed by atoms with Crippen molar-refractivity contribution in [1.82, 2.24) is 20.2 Å². The molecule has 5 rings (SSSR count). The van der Waals surface area contributed by atoms with Crippen molar-refractivity contribution in [3.8, 4) is 10.6 Å². The van der Waals surface area contributed by atoms with Crippen molar-refractivity contribution in [2.75, 3.05) is 29.1 Å². The van der Waals surface area contributed by atoms with Gasteiger partial charge in [-0.05, 0) is 37.7 Å². The first kappa shape index (κ1) is 19.4. The third-order valence-corrected chi connectivity index (χ3v) is 7.30. The van der Waals surface area contributed by atoms with E-state index in [2.05, 4.69) is 27.0 Å². The Morgan fingerprint density at radius 1 is 1.30 bits per heavy atom. The van der Waals surface area contributed by atoms with Crippen LogP contribution in [0.25, 0.3) is 10.6 Å². The number of rotatable bonds is 4. The Morgan fingerprint density at radius 2 is 2.20 bits per heavy atom. The lowest BCUT2D eigenvalue weighted by Gasteiger charge is -2.27. The molecule has 0 N–H and O–H groups in total. The molecule has 3 aromatic rings. The minimum Gasteiger partial charge on any atom is -0.351 e. The smallest absolute Gasteiger partial charge is 0.263 e. The van der Waals surface area contributed by atoms with E-state index in [-0.39, 0.29) is 11.9 Å². The second-order valence-corrected chi connectivity index (χ2v) is 9.24. The maximum atomic E-state index is 13.6. The molecular weight excluding hydrogens is 416 g/mol. The summed E-state index contributed by atoms with van der Waals surface area (Å²) in [6, 6.07) is 8.30. The van der Waals surface area contributed by atoms with Crippen molar-refractivity contribution in [3.05, 3.63) is 41.0 Å². The molecule has 0 spiro atoms. The highest BCUT2D eigenvalue weighted by Gasteiger charge is 2.37. The third kappa shape index (κ3) is 3.35. The van der Waals surface area contributed by atoms with Gasteiger partial charge in [0, 0.05) is 36.6 Å². The standard InChI is InChI=1S/C21H22N6OS2/c1-3-17-24-25-19(30-17)13-6-4-7-14(10-13)27-12-15-8-5-9-26(15)18-16(20(27)28)11-22-21(23-18)29-2/h4,6-7,10-11,15H,3,5,8-9,12H2,1-2H3/t15-/m0/s1. The molecule has 1 aromatic carbocycles. The zero-order chi connectivity index (χ0) is 20.7. The quantitative estimate of drug-likeness (QED) is 0.452. The van der Waals surface area contributed by atoms with Crippen molar-refractivity contribution in [3.63, 3.8) is 0 Å². The van der Waals surface area contributed by atoms with Crippen LogP contribution in [-0.2, 0) is 6.42 Å². The largest absolute Gasteiger partial charge is 0.351 e. The van der Waals surface area contributed by atoms with Gasteiger partial charge in [-0.2, -0.15) is 0 Å². The Labute approximate surface area is 183 Å². The lowest BCUT2D eigenvalue weighted by Crippen LogP contribution is -2.39. The fourth-order valence-corrected chi connectivity index (χ4v) is 5.22. The highest BCUT2D eigenvalue weighted by molar-refractivity contribution is 7.98. The summed E-state index contributed by atoms with van der Waals surface area (Å²) in [7, 11) is 0. The molecule has 1 amide bonds. The molecule has 0 saturated carbocycles. The predicted octanol–water partition coefficient (Wildman–Crippen LogP) is 3.91. The van der Waals surface area contributed by atoms with Crippen molar-refractivity contribution in [2.45, 2.75) is 37.4 Å². The number of amides is 1. The minimum absolute atomic E-state index is 0.0456. The molecule has 4 heterocycles. The summed E-state index contributed by atoms with van der Waals surface area (Å²) in [6.45, 7) is 3.64. The van der Waals surface area contributed by atoms with Crippen LogP contribution in [0.2, 0.25) is 0 Å². The summed E-state index contributed by atoms with van der Waals surface area (Å²) in [6.07, 6.45) is 6.67. The summed E-state index contributed by atoms with van der Waals surface area (Å²) in [5.41, 5.74) is 2.44. The maximum absolute atomic E-state index is 13.6. The van der Waals surface area contributed by atoms with Crippen LogP contribution in [0.1, 0.15) is 35.1 Å². The lowest BCUT2D eigenvalue weighted by atomic mass is 10.1. The van der Waals surface area contributed by atoms with Crippen LogP contribution in [-0.4, -0.2) is 51.5 Å². The number of anilines is 2. The van der Waals surface area contributed by atoms with E-state index in [1.807, 2.05) is 35.4 Å². The van der Waals surface area contributed by atoms with Crippen molar-refractivity contribution >= 4 is 40.5 Å². The van der Waals surface area contributed by atoms with E-state index in [1.165, 1.54) is 11.8 Å². The van der Waals surface area contributed by atoms with Crippen LogP contribution in [0.15, 0.2) is 35.6 Å². The monoisotopic (exact) mass is 438 g/mol. The summed E-state index contributed by atoms with van der Waals surface area (Å²) in [5, 5.41) is 11.2. The third-order valence-electron chi connectivity index (χ3n) is 5.62. The molecule has 2 aromatic heterocycles. The van der Waals surface area contributed by atoms with Crippen molar-refractivity contribution in [2.24, 2.45) is 0 Å². The van der Waals surface area contributed by atoms with Crippen LogP contribution in [0, 0.1) is 0 Å². The van der Waals surface area contributed by atoms with Gasteiger partial charge in [0.05, 0.1) is 0 Å². The van der Waals surface area contributed by atoms with E-state index >= 15 is 0 Å². The Hall–Kier alpha value is -2.52. The highest BCUT2D eigenvalue weighted by atomic mass is 32.2. The summed E-state index contributed by atoms with van der Waals surface area (Å²) >= 11 is 3.10. The number of carbonyl (C=O) groups is 1. The molecule has 0 bridgehead atoms. The Morgan fingerprint density at radius 3 is 3.00 bits per heavy atom. The van der Waals surface area contributed by atoms with Gasteiger partial charge in [0.15, 0.2) is 5.16 Å². The van der Waals surface area contributed by atoms with Gasteiger partial charge in [-0.25, -0.2) is 9.97 Å². The second-order valence-electron chi connectivity index (χ2n) is 7.40. The van der Waals surface area contributed by atoms with Crippen LogP contribution in [0.5, 0.6) is 0 Å². The van der Waals surface area contributed by atoms with Gasteiger partial charge in [0.25, 0.3) is 5.91 Å². The van der Waals surface area contributed by atoms with Gasteiger partial charge in [-0.3, -0.25) is 4.79 Å². The van der Waals surface area contributed by atoms with Crippen LogP contribution >= 0.6 is 23.1 Å². The lowest BCUT2D eigenvalue weighted by molar-refractivity contribution is 0.0988. The number of fused-ring (bicyclic) bond motifs is 3. The summed E-state index contributed by atoms with van der Waals surface area (Å²) < 4.78 is 0. The van der Waals surface area contributed by atoms with Gasteiger partial charge in [-0.15, -0.1) is 10.2 Å². The minimum atomic E-state index is -0.0456. The molecule has 2 aliphatic heterocycles. The summed E-state index contributed by atoms with van der Waals surface area (Å²) in [5.74, 6) is 0.730. The fraction of sp³-hybridized carbons (Fsp3) is 0.381. The second kappa shape index (κ2) is 7.96. The maximum Gasteiger partial charge on any atom is 0.263 e. The van der Waals surface area contributed by atoms with Crippen LogP contribution < -0.4 is 9.80 Å². The van der Waals surface area contributed by atoms with Crippen molar-refractivity contribution in [1.29, 1.82) is 0 Å². The molecule has 1 atom stereocenters. The molecule has 0 aliphatic carbocycles. The molecule has 0 radical (unpaired) electrons. The first-order valence-electron chi connectivity index (χ1n) is 10.1. The number of hydrogen-bond acceptors (Lipinski definition) is 8. The predicted molar refractivity (Wildman–Crippen MR) is 121 cm³/mol. The molecule has 7 nitrogen and oxygen atoms in total. The number of aromatic nitrogens is 4. The number of benzene rings is 1. The van der Waals surface area contributed by atoms with E-state index in [4.69, 9.17) is 4.98 Å². The number of hydrogen-bond donors (Lipinski definition) is 0. The number of carbonyl (C=O) groups excluding carboxylic acids is 1. The molecule has 0 unspecified atom stereocenters.